The number of piperazine rings is 1. The van der Waals surface area contributed by atoms with Gasteiger partial charge in [0.1, 0.15) is 5.75 Å². The maximum atomic E-state index is 12.2. The number of hydrogen-bond acceptors (Lipinski definition) is 4. The molecule has 0 radical (unpaired) electrons. The molecule has 3 rings (SSSR count). The lowest BCUT2D eigenvalue weighted by Gasteiger charge is -2.36. The number of amides is 1. The van der Waals surface area contributed by atoms with Crippen LogP contribution in [-0.2, 0) is 0 Å². The van der Waals surface area contributed by atoms with Gasteiger partial charge in [-0.1, -0.05) is 18.2 Å². The molecule has 2 aromatic carbocycles. The molecule has 1 N–H and O–H groups in total. The second-order valence-electron chi connectivity index (χ2n) is 7.56. The molecule has 0 aliphatic carbocycles. The third-order valence-electron chi connectivity index (χ3n) is 5.20. The van der Waals surface area contributed by atoms with Gasteiger partial charge in [0.25, 0.3) is 5.91 Å². The van der Waals surface area contributed by atoms with Gasteiger partial charge in [0.15, 0.2) is 6.61 Å². The lowest BCUT2D eigenvalue weighted by atomic mass is 10.2. The number of hydrogen-bond donors (Lipinski definition) is 1. The minimum atomic E-state index is -4.38. The molecule has 0 saturated carbocycles. The predicted molar refractivity (Wildman–Crippen MR) is 115 cm³/mol. The quantitative estimate of drug-likeness (QED) is 0.606. The van der Waals surface area contributed by atoms with Crippen molar-refractivity contribution in [3.8, 4) is 5.75 Å². The molecule has 8 heteroatoms. The molecule has 1 aliphatic heterocycles. The zero-order valence-corrected chi connectivity index (χ0v) is 17.4. The highest BCUT2D eigenvalue weighted by atomic mass is 19.4. The number of benzene rings is 2. The Morgan fingerprint density at radius 1 is 0.935 bits per heavy atom. The number of ether oxygens (including phenoxy) is 1. The maximum Gasteiger partial charge on any atom is 0.422 e. The topological polar surface area (TPSA) is 44.8 Å². The van der Waals surface area contributed by atoms with E-state index < -0.39 is 12.8 Å². The van der Waals surface area contributed by atoms with Crippen molar-refractivity contribution >= 4 is 11.6 Å². The first-order valence-corrected chi connectivity index (χ1v) is 10.5. The van der Waals surface area contributed by atoms with E-state index in [9.17, 15) is 18.0 Å². The first kappa shape index (κ1) is 22.9. The fraction of sp³-hybridized carbons (Fsp3) is 0.435. The van der Waals surface area contributed by atoms with Gasteiger partial charge in [-0.2, -0.15) is 13.2 Å². The molecular formula is C23H28F3N3O2. The second-order valence-corrected chi connectivity index (χ2v) is 7.56. The molecular weight excluding hydrogens is 407 g/mol. The molecule has 1 aliphatic rings. The van der Waals surface area contributed by atoms with Crippen molar-refractivity contribution in [2.45, 2.75) is 19.0 Å². The summed E-state index contributed by atoms with van der Waals surface area (Å²) in [5.41, 5.74) is 1.67. The van der Waals surface area contributed by atoms with Crippen LogP contribution in [0.25, 0.3) is 0 Å². The summed E-state index contributed by atoms with van der Waals surface area (Å²) in [4.78, 5) is 17.0. The molecule has 5 nitrogen and oxygen atoms in total. The van der Waals surface area contributed by atoms with Crippen molar-refractivity contribution in [1.29, 1.82) is 0 Å². The van der Waals surface area contributed by atoms with Crippen LogP contribution in [0.15, 0.2) is 54.6 Å². The van der Waals surface area contributed by atoms with E-state index in [0.717, 1.165) is 45.6 Å². The molecule has 1 amide bonds. The fourth-order valence-corrected chi connectivity index (χ4v) is 3.50. The second kappa shape index (κ2) is 11.0. The molecule has 31 heavy (non-hydrogen) atoms. The summed E-state index contributed by atoms with van der Waals surface area (Å²) in [5.74, 6) is -0.153. The molecule has 1 fully saturated rings. The summed E-state index contributed by atoms with van der Waals surface area (Å²) in [7, 11) is 0. The zero-order chi connectivity index (χ0) is 22.1. The normalized spacial score (nSPS) is 15.0. The number of alkyl halides is 3. The van der Waals surface area contributed by atoms with E-state index in [4.69, 9.17) is 0 Å². The van der Waals surface area contributed by atoms with Crippen LogP contribution in [0.5, 0.6) is 5.75 Å². The summed E-state index contributed by atoms with van der Waals surface area (Å²) in [6.07, 6.45) is -2.52. The number of nitrogens with zero attached hydrogens (tertiary/aromatic N) is 2. The highest BCUT2D eigenvalue weighted by Crippen LogP contribution is 2.19. The number of carbonyl (C=O) groups excluding carboxylic acids is 1. The van der Waals surface area contributed by atoms with E-state index in [2.05, 4.69) is 44.1 Å². The van der Waals surface area contributed by atoms with E-state index >= 15 is 0 Å². The molecule has 0 spiro atoms. The Kier molecular flexibility index (Phi) is 8.17. The van der Waals surface area contributed by atoms with Crippen LogP contribution in [0, 0.1) is 0 Å². The minimum Gasteiger partial charge on any atom is -0.484 e. The molecule has 0 bridgehead atoms. The Labute approximate surface area is 180 Å². The Bertz CT molecular complexity index is 805. The average Bonchev–Trinajstić information content (AvgIpc) is 2.78. The molecule has 1 heterocycles. The third-order valence-corrected chi connectivity index (χ3v) is 5.20. The molecule has 0 atom stereocenters. The van der Waals surface area contributed by atoms with Gasteiger partial charge >= 0.3 is 6.18 Å². The summed E-state index contributed by atoms with van der Waals surface area (Å²) in [5, 5.41) is 2.85. The lowest BCUT2D eigenvalue weighted by Crippen LogP contribution is -2.46. The number of carbonyl (C=O) groups is 1. The van der Waals surface area contributed by atoms with Crippen molar-refractivity contribution in [2.24, 2.45) is 0 Å². The highest BCUT2D eigenvalue weighted by molar-refractivity contribution is 5.94. The number of anilines is 1. The van der Waals surface area contributed by atoms with Crippen LogP contribution in [0.4, 0.5) is 18.9 Å². The number of nitrogens with one attached hydrogen (secondary N) is 1. The number of rotatable bonds is 9. The van der Waals surface area contributed by atoms with Gasteiger partial charge in [-0.05, 0) is 55.8 Å². The monoisotopic (exact) mass is 435 g/mol. The van der Waals surface area contributed by atoms with Crippen LogP contribution in [0.3, 0.4) is 0 Å². The van der Waals surface area contributed by atoms with E-state index in [0.29, 0.717) is 12.1 Å². The van der Waals surface area contributed by atoms with E-state index in [-0.39, 0.29) is 11.7 Å². The third kappa shape index (κ3) is 7.79. The molecule has 1 saturated heterocycles. The van der Waals surface area contributed by atoms with Gasteiger partial charge < -0.3 is 15.0 Å². The predicted octanol–water partition coefficient (Wildman–Crippen LogP) is 3.96. The number of halogens is 3. The van der Waals surface area contributed by atoms with Crippen LogP contribution in [-0.4, -0.2) is 62.9 Å². The van der Waals surface area contributed by atoms with Crippen LogP contribution < -0.4 is 15.0 Å². The Morgan fingerprint density at radius 2 is 1.61 bits per heavy atom. The number of para-hydroxylation sites is 1. The maximum absolute atomic E-state index is 12.2. The fourth-order valence-electron chi connectivity index (χ4n) is 3.50. The van der Waals surface area contributed by atoms with Gasteiger partial charge in [-0.15, -0.1) is 0 Å². The SMILES string of the molecule is O=C(NCCCCN1CCN(c2ccccc2)CC1)c1ccc(OCC(F)(F)F)cc1. The van der Waals surface area contributed by atoms with Crippen molar-refractivity contribution in [3.63, 3.8) is 0 Å². The van der Waals surface area contributed by atoms with E-state index in [1.54, 1.807) is 0 Å². The Balaban J connectivity index is 1.28. The van der Waals surface area contributed by atoms with E-state index in [1.807, 2.05) is 6.07 Å². The first-order valence-electron chi connectivity index (χ1n) is 10.5. The zero-order valence-electron chi connectivity index (χ0n) is 17.4. The van der Waals surface area contributed by atoms with Crippen LogP contribution in [0.1, 0.15) is 23.2 Å². The van der Waals surface area contributed by atoms with Crippen molar-refractivity contribution in [1.82, 2.24) is 10.2 Å². The van der Waals surface area contributed by atoms with Crippen LogP contribution >= 0.6 is 0 Å². The molecule has 0 aromatic heterocycles. The van der Waals surface area contributed by atoms with Gasteiger partial charge in [-0.3, -0.25) is 9.69 Å². The van der Waals surface area contributed by atoms with Crippen LogP contribution in [0.2, 0.25) is 0 Å². The van der Waals surface area contributed by atoms with E-state index in [1.165, 1.54) is 30.0 Å². The summed E-state index contributed by atoms with van der Waals surface area (Å²) < 4.78 is 41.1. The summed E-state index contributed by atoms with van der Waals surface area (Å²) in [6, 6.07) is 16.1. The lowest BCUT2D eigenvalue weighted by molar-refractivity contribution is -0.153. The van der Waals surface area contributed by atoms with Crippen molar-refractivity contribution in [2.75, 3.05) is 50.8 Å². The molecule has 168 valence electrons. The smallest absolute Gasteiger partial charge is 0.422 e. The average molecular weight is 435 g/mol. The molecule has 0 unspecified atom stereocenters. The van der Waals surface area contributed by atoms with Crippen molar-refractivity contribution < 1.29 is 22.7 Å². The Morgan fingerprint density at radius 3 is 2.26 bits per heavy atom. The highest BCUT2D eigenvalue weighted by Gasteiger charge is 2.28. The minimum absolute atomic E-state index is 0.0845. The molecule has 2 aromatic rings. The van der Waals surface area contributed by atoms with Gasteiger partial charge in [0, 0.05) is 44.0 Å². The van der Waals surface area contributed by atoms with Crippen molar-refractivity contribution in [3.05, 3.63) is 60.2 Å². The van der Waals surface area contributed by atoms with Gasteiger partial charge in [0.2, 0.25) is 0 Å². The number of unbranched alkanes of at least 4 members (excludes halogenated alkanes) is 1. The summed E-state index contributed by atoms with van der Waals surface area (Å²) in [6.45, 7) is 4.32. The largest absolute Gasteiger partial charge is 0.484 e. The first-order chi connectivity index (χ1) is 14.9. The Hall–Kier alpha value is -2.74. The van der Waals surface area contributed by atoms with Gasteiger partial charge in [0.05, 0.1) is 0 Å². The standard InChI is InChI=1S/C23H28F3N3O2/c24-23(25,26)18-31-21-10-8-19(9-11-21)22(30)27-12-4-5-13-28-14-16-29(17-15-28)20-6-2-1-3-7-20/h1-3,6-11H,4-5,12-18H2,(H,27,30). The van der Waals surface area contributed by atoms with Gasteiger partial charge in [-0.25, -0.2) is 0 Å². The summed E-state index contributed by atoms with van der Waals surface area (Å²) >= 11 is 0.